The Morgan fingerprint density at radius 2 is 1.95 bits per heavy atom. The van der Waals surface area contributed by atoms with E-state index in [-0.39, 0.29) is 22.0 Å². The van der Waals surface area contributed by atoms with E-state index in [2.05, 4.69) is 0 Å². The van der Waals surface area contributed by atoms with E-state index in [0.717, 1.165) is 0 Å². The van der Waals surface area contributed by atoms with Crippen molar-refractivity contribution in [1.29, 1.82) is 0 Å². The van der Waals surface area contributed by atoms with Gasteiger partial charge in [0.05, 0.1) is 12.7 Å². The molecule has 2 atom stereocenters. The number of rotatable bonds is 1. The molecule has 3 rings (SSSR count). The zero-order chi connectivity index (χ0) is 16.2. The van der Waals surface area contributed by atoms with Crippen molar-refractivity contribution in [2.75, 3.05) is 7.11 Å². The van der Waals surface area contributed by atoms with Crippen molar-refractivity contribution < 1.29 is 24.1 Å². The summed E-state index contributed by atoms with van der Waals surface area (Å²) >= 11 is 0. The van der Waals surface area contributed by atoms with Gasteiger partial charge in [0, 0.05) is 12.1 Å². The minimum absolute atomic E-state index is 0.182. The Kier molecular flexibility index (Phi) is 3.19. The summed E-state index contributed by atoms with van der Waals surface area (Å²) in [5, 5.41) is 21.0. The SMILES string of the molecule is COc1cc2c(c3oc(C)cc(=O)c13)C(O)C(O)C(C)(C)O2. The number of methoxy groups -OCH3 is 1. The van der Waals surface area contributed by atoms with E-state index in [0.29, 0.717) is 17.3 Å². The van der Waals surface area contributed by atoms with Gasteiger partial charge in [-0.1, -0.05) is 0 Å². The number of hydrogen-bond donors (Lipinski definition) is 2. The van der Waals surface area contributed by atoms with Crippen LogP contribution < -0.4 is 14.9 Å². The first-order valence-electron chi connectivity index (χ1n) is 6.96. The van der Waals surface area contributed by atoms with Crippen molar-refractivity contribution in [3.05, 3.63) is 33.7 Å². The number of benzene rings is 1. The average molecular weight is 306 g/mol. The number of ether oxygens (including phenoxy) is 2. The molecule has 2 N–H and O–H groups in total. The van der Waals surface area contributed by atoms with Gasteiger partial charge in [-0.25, -0.2) is 0 Å². The fourth-order valence-electron chi connectivity index (χ4n) is 2.82. The third-order valence-electron chi connectivity index (χ3n) is 3.99. The number of fused-ring (bicyclic) bond motifs is 3. The van der Waals surface area contributed by atoms with E-state index in [4.69, 9.17) is 13.9 Å². The smallest absolute Gasteiger partial charge is 0.196 e. The molecule has 2 aromatic rings. The largest absolute Gasteiger partial charge is 0.496 e. The van der Waals surface area contributed by atoms with Gasteiger partial charge in [-0.3, -0.25) is 4.79 Å². The van der Waals surface area contributed by atoms with Crippen LogP contribution in [0.25, 0.3) is 11.0 Å². The average Bonchev–Trinajstić information content (AvgIpc) is 2.42. The molecular weight excluding hydrogens is 288 g/mol. The molecule has 118 valence electrons. The molecule has 1 aliphatic heterocycles. The molecular formula is C16H18O6. The molecule has 1 aromatic carbocycles. The zero-order valence-electron chi connectivity index (χ0n) is 12.8. The van der Waals surface area contributed by atoms with Crippen LogP contribution in [0.5, 0.6) is 11.5 Å². The highest BCUT2D eigenvalue weighted by molar-refractivity contribution is 5.89. The van der Waals surface area contributed by atoms with Gasteiger partial charge in [-0.05, 0) is 20.8 Å². The monoisotopic (exact) mass is 306 g/mol. The Hall–Kier alpha value is -2.05. The summed E-state index contributed by atoms with van der Waals surface area (Å²) in [4.78, 5) is 12.3. The number of aliphatic hydroxyl groups excluding tert-OH is 2. The summed E-state index contributed by atoms with van der Waals surface area (Å²) in [5.74, 6) is 1.04. The summed E-state index contributed by atoms with van der Waals surface area (Å²) in [6.45, 7) is 4.99. The van der Waals surface area contributed by atoms with E-state index in [9.17, 15) is 15.0 Å². The van der Waals surface area contributed by atoms with E-state index in [1.165, 1.54) is 13.2 Å². The van der Waals surface area contributed by atoms with Gasteiger partial charge in [0.2, 0.25) is 0 Å². The maximum absolute atomic E-state index is 12.3. The normalized spacial score (nSPS) is 23.0. The second kappa shape index (κ2) is 4.72. The van der Waals surface area contributed by atoms with E-state index < -0.39 is 17.8 Å². The first-order chi connectivity index (χ1) is 10.3. The lowest BCUT2D eigenvalue weighted by atomic mass is 9.87. The van der Waals surface area contributed by atoms with E-state index >= 15 is 0 Å². The van der Waals surface area contributed by atoms with Crippen molar-refractivity contribution in [3.63, 3.8) is 0 Å². The van der Waals surface area contributed by atoms with Crippen LogP contribution in [-0.4, -0.2) is 29.0 Å². The molecule has 0 radical (unpaired) electrons. The van der Waals surface area contributed by atoms with Crippen LogP contribution in [0, 0.1) is 6.92 Å². The highest BCUT2D eigenvalue weighted by Gasteiger charge is 2.44. The summed E-state index contributed by atoms with van der Waals surface area (Å²) < 4.78 is 16.7. The standard InChI is InChI=1S/C16H18O6/c1-7-5-8(17)11-9(20-4)6-10-12(14(11)21-7)13(18)15(19)16(2,3)22-10/h5-6,13,15,18-19H,1-4H3. The quantitative estimate of drug-likeness (QED) is 0.833. The van der Waals surface area contributed by atoms with Crippen LogP contribution in [0.2, 0.25) is 0 Å². The fraction of sp³-hybridized carbons (Fsp3) is 0.438. The van der Waals surface area contributed by atoms with Gasteiger partial charge in [0.1, 0.15) is 40.5 Å². The Morgan fingerprint density at radius 3 is 2.59 bits per heavy atom. The Labute approximate surface area is 126 Å². The van der Waals surface area contributed by atoms with Crippen molar-refractivity contribution in [1.82, 2.24) is 0 Å². The maximum Gasteiger partial charge on any atom is 0.196 e. The molecule has 0 amide bonds. The summed E-state index contributed by atoms with van der Waals surface area (Å²) in [7, 11) is 1.44. The second-order valence-corrected chi connectivity index (χ2v) is 6.01. The van der Waals surface area contributed by atoms with Gasteiger partial charge in [0.25, 0.3) is 0 Å². The van der Waals surface area contributed by atoms with Gasteiger partial charge >= 0.3 is 0 Å². The minimum Gasteiger partial charge on any atom is -0.496 e. The molecule has 0 saturated carbocycles. The first kappa shape index (κ1) is 14.9. The lowest BCUT2D eigenvalue weighted by Gasteiger charge is -2.40. The van der Waals surface area contributed by atoms with Crippen LogP contribution in [-0.2, 0) is 0 Å². The Morgan fingerprint density at radius 1 is 1.27 bits per heavy atom. The predicted molar refractivity (Wildman–Crippen MR) is 79.4 cm³/mol. The topological polar surface area (TPSA) is 89.1 Å². The highest BCUT2D eigenvalue weighted by atomic mass is 16.5. The highest BCUT2D eigenvalue weighted by Crippen LogP contribution is 2.45. The molecule has 6 nitrogen and oxygen atoms in total. The van der Waals surface area contributed by atoms with Crippen LogP contribution >= 0.6 is 0 Å². The van der Waals surface area contributed by atoms with Gasteiger partial charge < -0.3 is 24.1 Å². The van der Waals surface area contributed by atoms with E-state index in [1.54, 1.807) is 26.8 Å². The molecule has 1 aliphatic rings. The van der Waals surface area contributed by atoms with Crippen molar-refractivity contribution in [2.45, 2.75) is 38.6 Å². The zero-order valence-corrected chi connectivity index (χ0v) is 12.8. The molecule has 0 spiro atoms. The number of aryl methyl sites for hydroxylation is 1. The minimum atomic E-state index is -1.22. The first-order valence-corrected chi connectivity index (χ1v) is 6.96. The molecule has 0 saturated heterocycles. The molecule has 1 aromatic heterocycles. The molecule has 0 fully saturated rings. The number of aliphatic hydroxyl groups is 2. The predicted octanol–water partition coefficient (Wildman–Crippen LogP) is 1.68. The third kappa shape index (κ3) is 1.99. The third-order valence-corrected chi connectivity index (χ3v) is 3.99. The van der Waals surface area contributed by atoms with Crippen LogP contribution in [0.4, 0.5) is 0 Å². The Bertz CT molecular complexity index is 804. The summed E-state index contributed by atoms with van der Waals surface area (Å²) in [6.07, 6.45) is -2.38. The van der Waals surface area contributed by atoms with Crippen LogP contribution in [0.1, 0.15) is 31.3 Å². The van der Waals surface area contributed by atoms with Crippen molar-refractivity contribution >= 4 is 11.0 Å². The molecule has 0 aliphatic carbocycles. The molecule has 6 heteroatoms. The van der Waals surface area contributed by atoms with Crippen LogP contribution in [0.15, 0.2) is 21.3 Å². The summed E-state index contributed by atoms with van der Waals surface area (Å²) in [5.41, 5.74) is -0.801. The molecule has 2 heterocycles. The number of hydrogen-bond acceptors (Lipinski definition) is 6. The summed E-state index contributed by atoms with van der Waals surface area (Å²) in [6, 6.07) is 2.90. The lowest BCUT2D eigenvalue weighted by Crippen LogP contribution is -2.48. The van der Waals surface area contributed by atoms with Gasteiger partial charge in [-0.15, -0.1) is 0 Å². The van der Waals surface area contributed by atoms with E-state index in [1.807, 2.05) is 0 Å². The molecule has 0 bridgehead atoms. The van der Waals surface area contributed by atoms with Gasteiger partial charge in [0.15, 0.2) is 11.0 Å². The van der Waals surface area contributed by atoms with Crippen LogP contribution in [0.3, 0.4) is 0 Å². The lowest BCUT2D eigenvalue weighted by molar-refractivity contribution is -0.111. The Balaban J connectivity index is 2.44. The fourth-order valence-corrected chi connectivity index (χ4v) is 2.82. The van der Waals surface area contributed by atoms with Gasteiger partial charge in [-0.2, -0.15) is 0 Å². The maximum atomic E-state index is 12.3. The molecule has 2 unspecified atom stereocenters. The second-order valence-electron chi connectivity index (χ2n) is 6.01. The van der Waals surface area contributed by atoms with Crippen molar-refractivity contribution in [2.24, 2.45) is 0 Å². The van der Waals surface area contributed by atoms with Crippen molar-refractivity contribution in [3.8, 4) is 11.5 Å². The molecule has 22 heavy (non-hydrogen) atoms.